The lowest BCUT2D eigenvalue weighted by Crippen LogP contribution is -2.46. The summed E-state index contributed by atoms with van der Waals surface area (Å²) >= 11 is 0. The number of carbonyl (C=O) groups is 3. The van der Waals surface area contributed by atoms with Crippen LogP contribution in [0.3, 0.4) is 0 Å². The number of ether oxygens (including phenoxy) is 2. The average molecular weight is 307 g/mol. The quantitative estimate of drug-likeness (QED) is 0.448. The lowest BCUT2D eigenvalue weighted by atomic mass is 9.85. The van der Waals surface area contributed by atoms with E-state index in [0.717, 1.165) is 0 Å². The summed E-state index contributed by atoms with van der Waals surface area (Å²) < 4.78 is 11.5. The molecule has 120 valence electrons. The summed E-state index contributed by atoms with van der Waals surface area (Å²) in [6.45, 7) is 8.99. The SMILES string of the molecule is C=C[C@]1(CC)O[C@@H](N2C=CC(=O)CC2=O)[C@H](OC(C)=O)[C@@H]1C. The molecule has 2 aliphatic heterocycles. The molecule has 2 aliphatic rings. The normalized spacial score (nSPS) is 34.9. The van der Waals surface area contributed by atoms with Crippen LogP contribution in [-0.2, 0) is 23.9 Å². The van der Waals surface area contributed by atoms with E-state index in [1.54, 1.807) is 6.08 Å². The zero-order chi connectivity index (χ0) is 16.5. The highest BCUT2D eigenvalue weighted by Gasteiger charge is 2.54. The number of hydrogen-bond acceptors (Lipinski definition) is 5. The Hall–Kier alpha value is -1.95. The van der Waals surface area contributed by atoms with E-state index in [0.29, 0.717) is 6.42 Å². The number of allylic oxidation sites excluding steroid dienone is 1. The third-order valence-electron chi connectivity index (χ3n) is 4.39. The second-order valence-electron chi connectivity index (χ2n) is 5.64. The Labute approximate surface area is 129 Å². The molecule has 0 unspecified atom stereocenters. The van der Waals surface area contributed by atoms with Gasteiger partial charge in [-0.05, 0) is 12.5 Å². The summed E-state index contributed by atoms with van der Waals surface area (Å²) in [6.07, 6.45) is 3.49. The lowest BCUT2D eigenvalue weighted by Gasteiger charge is -2.31. The van der Waals surface area contributed by atoms with Crippen molar-refractivity contribution >= 4 is 17.7 Å². The van der Waals surface area contributed by atoms with Gasteiger partial charge in [-0.3, -0.25) is 19.3 Å². The van der Waals surface area contributed by atoms with Gasteiger partial charge in [0, 0.05) is 19.0 Å². The van der Waals surface area contributed by atoms with Crippen LogP contribution in [0.2, 0.25) is 0 Å². The van der Waals surface area contributed by atoms with E-state index in [1.165, 1.54) is 24.1 Å². The molecule has 0 saturated carbocycles. The zero-order valence-electron chi connectivity index (χ0n) is 13.1. The van der Waals surface area contributed by atoms with Gasteiger partial charge in [0.25, 0.3) is 0 Å². The van der Waals surface area contributed by atoms with Crippen LogP contribution in [0.15, 0.2) is 24.9 Å². The second kappa shape index (κ2) is 6.04. The Balaban J connectivity index is 2.36. The maximum atomic E-state index is 12.1. The maximum absolute atomic E-state index is 12.1. The molecule has 0 bridgehead atoms. The van der Waals surface area contributed by atoms with Crippen molar-refractivity contribution in [2.45, 2.75) is 51.5 Å². The summed E-state index contributed by atoms with van der Waals surface area (Å²) in [7, 11) is 0. The van der Waals surface area contributed by atoms with Gasteiger partial charge in [-0.1, -0.05) is 19.9 Å². The van der Waals surface area contributed by atoms with E-state index in [4.69, 9.17) is 9.47 Å². The van der Waals surface area contributed by atoms with Gasteiger partial charge in [-0.25, -0.2) is 0 Å². The van der Waals surface area contributed by atoms with Gasteiger partial charge in [0.15, 0.2) is 18.1 Å². The molecule has 22 heavy (non-hydrogen) atoms. The minimum Gasteiger partial charge on any atom is -0.457 e. The molecule has 4 atom stereocenters. The molecule has 1 amide bonds. The Morgan fingerprint density at radius 2 is 2.27 bits per heavy atom. The van der Waals surface area contributed by atoms with Crippen LogP contribution >= 0.6 is 0 Å². The molecule has 6 heteroatoms. The number of nitrogens with zero attached hydrogens (tertiary/aromatic N) is 1. The minimum atomic E-state index is -0.756. The molecule has 0 aromatic rings. The third-order valence-corrected chi connectivity index (χ3v) is 4.39. The van der Waals surface area contributed by atoms with Gasteiger partial charge in [0.1, 0.15) is 0 Å². The number of hydrogen-bond donors (Lipinski definition) is 0. The first kappa shape index (κ1) is 16.4. The number of amides is 1. The van der Waals surface area contributed by atoms with E-state index in [2.05, 4.69) is 6.58 Å². The second-order valence-corrected chi connectivity index (χ2v) is 5.64. The highest BCUT2D eigenvalue weighted by molar-refractivity contribution is 6.06. The number of carbonyl (C=O) groups excluding carboxylic acids is 3. The molecule has 0 aliphatic carbocycles. The van der Waals surface area contributed by atoms with Crippen molar-refractivity contribution in [2.75, 3.05) is 0 Å². The molecular formula is C16H21NO5. The minimum absolute atomic E-state index is 0.164. The third kappa shape index (κ3) is 2.70. The molecule has 2 rings (SSSR count). The summed E-state index contributed by atoms with van der Waals surface area (Å²) in [6, 6.07) is 0. The van der Waals surface area contributed by atoms with Gasteiger partial charge >= 0.3 is 5.97 Å². The summed E-state index contributed by atoms with van der Waals surface area (Å²) in [4.78, 5) is 36.2. The smallest absolute Gasteiger partial charge is 0.303 e. The molecule has 0 aromatic heterocycles. The van der Waals surface area contributed by atoms with Gasteiger partial charge in [0.05, 0.1) is 12.0 Å². The topological polar surface area (TPSA) is 72.9 Å². The van der Waals surface area contributed by atoms with Crippen molar-refractivity contribution in [1.82, 2.24) is 4.90 Å². The standard InChI is InChI=1S/C16H21NO5/c1-5-16(6-2)10(3)14(21-11(4)18)15(22-16)17-8-7-12(19)9-13(17)20/h5,7-8,10,14-15H,1,6,9H2,2-4H3/t10-,14+,15+,16+/m0/s1. The van der Waals surface area contributed by atoms with Crippen LogP contribution in [0.1, 0.15) is 33.6 Å². The largest absolute Gasteiger partial charge is 0.457 e. The molecule has 0 N–H and O–H groups in total. The average Bonchev–Trinajstić information content (AvgIpc) is 2.73. The fourth-order valence-corrected chi connectivity index (χ4v) is 3.05. The van der Waals surface area contributed by atoms with E-state index >= 15 is 0 Å². The van der Waals surface area contributed by atoms with Crippen molar-refractivity contribution in [3.8, 4) is 0 Å². The number of esters is 1. The highest BCUT2D eigenvalue weighted by Crippen LogP contribution is 2.43. The summed E-state index contributed by atoms with van der Waals surface area (Å²) in [5, 5.41) is 0. The Kier molecular flexibility index (Phi) is 4.51. The highest BCUT2D eigenvalue weighted by atomic mass is 16.6. The van der Waals surface area contributed by atoms with Gasteiger partial charge < -0.3 is 9.47 Å². The predicted octanol–water partition coefficient (Wildman–Crippen LogP) is 1.56. The van der Waals surface area contributed by atoms with Gasteiger partial charge in [-0.2, -0.15) is 0 Å². The fourth-order valence-electron chi connectivity index (χ4n) is 3.05. The molecule has 0 spiro atoms. The molecular weight excluding hydrogens is 286 g/mol. The van der Waals surface area contributed by atoms with Gasteiger partial charge in [0.2, 0.25) is 5.91 Å². The van der Waals surface area contributed by atoms with E-state index in [1.807, 2.05) is 13.8 Å². The molecule has 0 radical (unpaired) electrons. The van der Waals surface area contributed by atoms with Crippen molar-refractivity contribution in [3.63, 3.8) is 0 Å². The zero-order valence-corrected chi connectivity index (χ0v) is 13.1. The van der Waals surface area contributed by atoms with Crippen LogP contribution in [0, 0.1) is 5.92 Å². The van der Waals surface area contributed by atoms with Crippen LogP contribution in [0.4, 0.5) is 0 Å². The van der Waals surface area contributed by atoms with E-state index in [9.17, 15) is 14.4 Å². The Bertz CT molecular complexity index is 541. The molecule has 1 fully saturated rings. The first-order valence-electron chi connectivity index (χ1n) is 7.35. The number of ketones is 1. The molecule has 6 nitrogen and oxygen atoms in total. The van der Waals surface area contributed by atoms with Crippen LogP contribution in [0.25, 0.3) is 0 Å². The first-order chi connectivity index (χ1) is 10.3. The molecule has 1 saturated heterocycles. The predicted molar refractivity (Wildman–Crippen MR) is 78.4 cm³/mol. The van der Waals surface area contributed by atoms with Crippen LogP contribution in [0.5, 0.6) is 0 Å². The fraction of sp³-hybridized carbons (Fsp3) is 0.562. The first-order valence-corrected chi connectivity index (χ1v) is 7.35. The van der Waals surface area contributed by atoms with Crippen molar-refractivity contribution in [3.05, 3.63) is 24.9 Å². The Morgan fingerprint density at radius 3 is 2.77 bits per heavy atom. The van der Waals surface area contributed by atoms with Crippen LogP contribution in [-0.4, -0.2) is 40.5 Å². The monoisotopic (exact) mass is 307 g/mol. The van der Waals surface area contributed by atoms with E-state index < -0.39 is 23.9 Å². The summed E-state index contributed by atoms with van der Waals surface area (Å²) in [5.41, 5.74) is -0.680. The lowest BCUT2D eigenvalue weighted by molar-refractivity contribution is -0.164. The van der Waals surface area contributed by atoms with Crippen molar-refractivity contribution in [1.29, 1.82) is 0 Å². The van der Waals surface area contributed by atoms with Crippen LogP contribution < -0.4 is 0 Å². The molecule has 2 heterocycles. The van der Waals surface area contributed by atoms with Crippen molar-refractivity contribution in [2.24, 2.45) is 5.92 Å². The van der Waals surface area contributed by atoms with Gasteiger partial charge in [-0.15, -0.1) is 6.58 Å². The van der Waals surface area contributed by atoms with E-state index in [-0.39, 0.29) is 24.0 Å². The summed E-state index contributed by atoms with van der Waals surface area (Å²) in [5.74, 6) is -1.21. The van der Waals surface area contributed by atoms with Crippen molar-refractivity contribution < 1.29 is 23.9 Å². The Morgan fingerprint density at radius 1 is 1.59 bits per heavy atom. The molecule has 0 aromatic carbocycles. The maximum Gasteiger partial charge on any atom is 0.303 e. The number of rotatable bonds is 4.